The maximum absolute atomic E-state index is 12.5. The van der Waals surface area contributed by atoms with E-state index >= 15 is 0 Å². The van der Waals surface area contributed by atoms with E-state index < -0.39 is 0 Å². The number of hydrogen-bond acceptors (Lipinski definition) is 3. The Labute approximate surface area is 131 Å². The zero-order chi connectivity index (χ0) is 15.5. The molecule has 0 saturated carbocycles. The number of aryl methyl sites for hydroxylation is 3. The van der Waals surface area contributed by atoms with Gasteiger partial charge in [0.05, 0.1) is 23.3 Å². The molecule has 2 aromatic rings. The van der Waals surface area contributed by atoms with E-state index in [1.54, 1.807) is 10.9 Å². The lowest BCUT2D eigenvalue weighted by Gasteiger charge is -2.11. The van der Waals surface area contributed by atoms with Gasteiger partial charge in [-0.1, -0.05) is 6.07 Å². The van der Waals surface area contributed by atoms with Gasteiger partial charge < -0.3 is 4.74 Å². The summed E-state index contributed by atoms with van der Waals surface area (Å²) in [6, 6.07) is 3.90. The van der Waals surface area contributed by atoms with Crippen molar-refractivity contribution in [3.05, 3.63) is 39.9 Å². The van der Waals surface area contributed by atoms with Crippen molar-refractivity contribution in [2.75, 3.05) is 6.61 Å². The van der Waals surface area contributed by atoms with Crippen LogP contribution in [0.2, 0.25) is 0 Å². The van der Waals surface area contributed by atoms with Crippen LogP contribution in [0.3, 0.4) is 0 Å². The quantitative estimate of drug-likeness (QED) is 0.795. The average Bonchev–Trinajstić information content (AvgIpc) is 3.03. The number of ether oxygens (including phenoxy) is 1. The van der Waals surface area contributed by atoms with E-state index in [0.29, 0.717) is 6.10 Å². The van der Waals surface area contributed by atoms with Crippen LogP contribution in [0.15, 0.2) is 23.3 Å². The molecule has 1 atom stereocenters. The predicted molar refractivity (Wildman–Crippen MR) is 88.3 cm³/mol. The van der Waals surface area contributed by atoms with Gasteiger partial charge in [0.2, 0.25) is 0 Å². The molecule has 0 radical (unpaired) electrons. The Morgan fingerprint density at radius 3 is 2.95 bits per heavy atom. The minimum absolute atomic E-state index is 0.0743. The fraction of sp³-hybridized carbons (Fsp3) is 0.556. The molecule has 1 aromatic heterocycles. The van der Waals surface area contributed by atoms with Gasteiger partial charge in [0, 0.05) is 13.2 Å². The Balaban J connectivity index is 1.68. The fourth-order valence-electron chi connectivity index (χ4n) is 3.16. The molecule has 1 aliphatic heterocycles. The van der Waals surface area contributed by atoms with Crippen molar-refractivity contribution < 1.29 is 4.74 Å². The first kappa shape index (κ1) is 15.2. The van der Waals surface area contributed by atoms with Crippen molar-refractivity contribution >= 4 is 10.9 Å². The summed E-state index contributed by atoms with van der Waals surface area (Å²) in [5.41, 5.74) is 3.18. The maximum Gasteiger partial charge on any atom is 0.261 e. The van der Waals surface area contributed by atoms with Crippen LogP contribution in [0.5, 0.6) is 0 Å². The van der Waals surface area contributed by atoms with Gasteiger partial charge in [0.1, 0.15) is 0 Å². The SMILES string of the molecule is Cc1ccc2c(=O)n(CCCCC3CCCO3)cnc2c1C. The molecule has 1 unspecified atom stereocenters. The van der Waals surface area contributed by atoms with Crippen molar-refractivity contribution in [2.45, 2.75) is 58.6 Å². The van der Waals surface area contributed by atoms with Crippen LogP contribution in [0.4, 0.5) is 0 Å². The normalized spacial score (nSPS) is 18.2. The fourth-order valence-corrected chi connectivity index (χ4v) is 3.16. The van der Waals surface area contributed by atoms with Crippen LogP contribution in [0.25, 0.3) is 10.9 Å². The molecule has 4 nitrogen and oxygen atoms in total. The molecular formula is C18H24N2O2. The molecule has 1 saturated heterocycles. The first-order valence-corrected chi connectivity index (χ1v) is 8.24. The molecule has 0 N–H and O–H groups in total. The second kappa shape index (κ2) is 6.61. The second-order valence-electron chi connectivity index (χ2n) is 6.28. The summed E-state index contributed by atoms with van der Waals surface area (Å²) in [6.45, 7) is 5.72. The van der Waals surface area contributed by atoms with Crippen LogP contribution in [-0.4, -0.2) is 22.3 Å². The molecule has 0 aliphatic carbocycles. The van der Waals surface area contributed by atoms with Gasteiger partial charge in [0.15, 0.2) is 0 Å². The van der Waals surface area contributed by atoms with Crippen LogP contribution >= 0.6 is 0 Å². The molecule has 0 bridgehead atoms. The van der Waals surface area contributed by atoms with E-state index in [9.17, 15) is 4.79 Å². The zero-order valence-electron chi connectivity index (χ0n) is 13.5. The number of nitrogens with zero attached hydrogens (tertiary/aromatic N) is 2. The largest absolute Gasteiger partial charge is 0.378 e. The van der Waals surface area contributed by atoms with Crippen LogP contribution < -0.4 is 5.56 Å². The molecule has 2 heterocycles. The Kier molecular flexibility index (Phi) is 4.57. The molecule has 4 heteroatoms. The lowest BCUT2D eigenvalue weighted by molar-refractivity contribution is 0.102. The highest BCUT2D eigenvalue weighted by Gasteiger charge is 2.14. The third-order valence-electron chi connectivity index (χ3n) is 4.72. The summed E-state index contributed by atoms with van der Waals surface area (Å²) in [6.07, 6.45) is 7.72. The van der Waals surface area contributed by atoms with Crippen molar-refractivity contribution in [3.63, 3.8) is 0 Å². The minimum Gasteiger partial charge on any atom is -0.378 e. The third-order valence-corrected chi connectivity index (χ3v) is 4.72. The van der Waals surface area contributed by atoms with Gasteiger partial charge in [-0.15, -0.1) is 0 Å². The Morgan fingerprint density at radius 1 is 1.32 bits per heavy atom. The Morgan fingerprint density at radius 2 is 2.18 bits per heavy atom. The first-order chi connectivity index (χ1) is 10.7. The number of rotatable bonds is 5. The molecule has 118 valence electrons. The number of benzene rings is 1. The minimum atomic E-state index is 0.0743. The maximum atomic E-state index is 12.5. The lowest BCUT2D eigenvalue weighted by atomic mass is 10.1. The topological polar surface area (TPSA) is 44.1 Å². The van der Waals surface area contributed by atoms with Crippen molar-refractivity contribution in [3.8, 4) is 0 Å². The molecular weight excluding hydrogens is 276 g/mol. The predicted octanol–water partition coefficient (Wildman–Crippen LogP) is 3.36. The van der Waals surface area contributed by atoms with Crippen molar-refractivity contribution in [2.24, 2.45) is 0 Å². The summed E-state index contributed by atoms with van der Waals surface area (Å²) in [7, 11) is 0. The molecule has 0 spiro atoms. The Hall–Kier alpha value is -1.68. The summed E-state index contributed by atoms with van der Waals surface area (Å²) in [4.78, 5) is 17.0. The standard InChI is InChI=1S/C18H24N2O2/c1-13-8-9-16-17(14(13)2)19-12-20(18(16)21)10-4-3-6-15-7-5-11-22-15/h8-9,12,15H,3-7,10-11H2,1-2H3. The highest BCUT2D eigenvalue weighted by atomic mass is 16.5. The van der Waals surface area contributed by atoms with Gasteiger partial charge in [-0.3, -0.25) is 9.36 Å². The number of hydrogen-bond donors (Lipinski definition) is 0. The Bertz CT molecular complexity index is 715. The van der Waals surface area contributed by atoms with E-state index in [1.165, 1.54) is 18.4 Å². The van der Waals surface area contributed by atoms with Gasteiger partial charge in [-0.2, -0.15) is 0 Å². The zero-order valence-corrected chi connectivity index (χ0v) is 13.5. The van der Waals surface area contributed by atoms with E-state index in [2.05, 4.69) is 4.98 Å². The van der Waals surface area contributed by atoms with Crippen LogP contribution in [-0.2, 0) is 11.3 Å². The summed E-state index contributed by atoms with van der Waals surface area (Å²) < 4.78 is 7.37. The molecule has 0 amide bonds. The highest BCUT2D eigenvalue weighted by molar-refractivity contribution is 5.81. The van der Waals surface area contributed by atoms with Gasteiger partial charge in [-0.25, -0.2) is 4.98 Å². The summed E-state index contributed by atoms with van der Waals surface area (Å²) in [5.74, 6) is 0. The molecule has 22 heavy (non-hydrogen) atoms. The molecule has 1 aliphatic rings. The molecule has 1 aromatic carbocycles. The highest BCUT2D eigenvalue weighted by Crippen LogP contribution is 2.18. The lowest BCUT2D eigenvalue weighted by Crippen LogP contribution is -2.21. The van der Waals surface area contributed by atoms with E-state index in [4.69, 9.17) is 4.74 Å². The van der Waals surface area contributed by atoms with Crippen LogP contribution in [0.1, 0.15) is 43.2 Å². The van der Waals surface area contributed by atoms with Crippen molar-refractivity contribution in [1.82, 2.24) is 9.55 Å². The van der Waals surface area contributed by atoms with E-state index in [-0.39, 0.29) is 5.56 Å². The first-order valence-electron chi connectivity index (χ1n) is 8.24. The number of fused-ring (bicyclic) bond motifs is 1. The monoisotopic (exact) mass is 300 g/mol. The van der Waals surface area contributed by atoms with Crippen molar-refractivity contribution in [1.29, 1.82) is 0 Å². The van der Waals surface area contributed by atoms with E-state index in [0.717, 1.165) is 48.9 Å². The number of aromatic nitrogens is 2. The number of unbranched alkanes of at least 4 members (excludes halogenated alkanes) is 1. The van der Waals surface area contributed by atoms with Gasteiger partial charge in [0.25, 0.3) is 5.56 Å². The summed E-state index contributed by atoms with van der Waals surface area (Å²) >= 11 is 0. The van der Waals surface area contributed by atoms with E-state index in [1.807, 2.05) is 26.0 Å². The van der Waals surface area contributed by atoms with Gasteiger partial charge >= 0.3 is 0 Å². The smallest absolute Gasteiger partial charge is 0.261 e. The average molecular weight is 300 g/mol. The van der Waals surface area contributed by atoms with Crippen LogP contribution in [0, 0.1) is 13.8 Å². The second-order valence-corrected chi connectivity index (χ2v) is 6.28. The van der Waals surface area contributed by atoms with Gasteiger partial charge in [-0.05, 0) is 63.1 Å². The molecule has 1 fully saturated rings. The molecule has 3 rings (SSSR count). The summed E-state index contributed by atoms with van der Waals surface area (Å²) in [5, 5.41) is 0.727. The third kappa shape index (κ3) is 3.07.